The Morgan fingerprint density at radius 1 is 0.938 bits per heavy atom. The molecule has 0 aliphatic rings. The lowest BCUT2D eigenvalue weighted by atomic mass is 10.0. The van der Waals surface area contributed by atoms with Gasteiger partial charge in [0, 0.05) is 12.8 Å². The van der Waals surface area contributed by atoms with Crippen LogP contribution >= 0.6 is 0 Å². The van der Waals surface area contributed by atoms with Crippen molar-refractivity contribution in [3.8, 4) is 5.75 Å². The zero-order valence-corrected chi connectivity index (χ0v) is 20.2. The van der Waals surface area contributed by atoms with E-state index in [0.29, 0.717) is 24.0 Å². The summed E-state index contributed by atoms with van der Waals surface area (Å²) in [5.74, 6) is -1.11. The van der Waals surface area contributed by atoms with Gasteiger partial charge < -0.3 is 9.64 Å². The lowest BCUT2D eigenvalue weighted by molar-refractivity contribution is -0.886. The average Bonchev–Trinajstić information content (AvgIpc) is 2.74. The van der Waals surface area contributed by atoms with E-state index in [2.05, 4.69) is 21.0 Å². The van der Waals surface area contributed by atoms with Crippen LogP contribution in [0, 0.1) is 0 Å². The second-order valence-electron chi connectivity index (χ2n) is 9.06. The number of nitrogens with one attached hydrogen (secondary N) is 1. The van der Waals surface area contributed by atoms with Gasteiger partial charge in [0.1, 0.15) is 5.75 Å². The van der Waals surface area contributed by atoms with Crippen LogP contribution in [0.15, 0.2) is 24.3 Å². The minimum Gasteiger partial charge on any atom is -0.493 e. The summed E-state index contributed by atoms with van der Waals surface area (Å²) in [6, 6.07) is 7.57. The van der Waals surface area contributed by atoms with Crippen molar-refractivity contribution in [3.05, 3.63) is 29.8 Å². The van der Waals surface area contributed by atoms with Gasteiger partial charge >= 0.3 is 6.18 Å². The molecule has 0 aromatic heterocycles. The molecule has 1 aromatic carbocycles. The number of quaternary nitrogens is 1. The van der Waals surface area contributed by atoms with Gasteiger partial charge in [-0.25, -0.2) is 0 Å². The number of alkyl halides is 3. The van der Waals surface area contributed by atoms with Gasteiger partial charge in [0.05, 0.1) is 26.7 Å². The van der Waals surface area contributed by atoms with Gasteiger partial charge in [0.25, 0.3) is 0 Å². The Morgan fingerprint density at radius 3 is 2.12 bits per heavy atom. The van der Waals surface area contributed by atoms with E-state index in [1.807, 2.05) is 0 Å². The maximum absolute atomic E-state index is 12.5. The van der Waals surface area contributed by atoms with Crippen LogP contribution in [0.2, 0.25) is 0 Å². The van der Waals surface area contributed by atoms with Crippen LogP contribution in [0.25, 0.3) is 0 Å². The monoisotopic (exact) mass is 458 g/mol. The Hall–Kier alpha value is -1.56. The van der Waals surface area contributed by atoms with Crippen LogP contribution in [-0.4, -0.2) is 38.7 Å². The minimum absolute atomic E-state index is 0.0370. The molecule has 3 nitrogen and oxygen atoms in total. The summed E-state index contributed by atoms with van der Waals surface area (Å²) < 4.78 is 43.3. The van der Waals surface area contributed by atoms with Crippen molar-refractivity contribution in [2.45, 2.75) is 103 Å². The Labute approximate surface area is 192 Å². The summed E-state index contributed by atoms with van der Waals surface area (Å²) in [5, 5.41) is 0. The van der Waals surface area contributed by atoms with Gasteiger partial charge in [0.15, 0.2) is 0 Å². The molecule has 0 saturated carbocycles. The first-order chi connectivity index (χ1) is 15.3. The van der Waals surface area contributed by atoms with E-state index in [4.69, 9.17) is 4.74 Å². The number of hydrogen-bond acceptors (Lipinski definition) is 2. The first kappa shape index (κ1) is 28.5. The summed E-state index contributed by atoms with van der Waals surface area (Å²) in [6.45, 7) is 2.77. The lowest BCUT2D eigenvalue weighted by Gasteiger charge is -2.22. The van der Waals surface area contributed by atoms with E-state index >= 15 is 0 Å². The third-order valence-electron chi connectivity index (χ3n) is 6.11. The number of halogens is 3. The molecule has 32 heavy (non-hydrogen) atoms. The molecule has 0 aliphatic carbocycles. The average molecular weight is 459 g/mol. The van der Waals surface area contributed by atoms with Crippen LogP contribution < -0.4 is 9.64 Å². The van der Waals surface area contributed by atoms with E-state index in [1.54, 1.807) is 24.3 Å². The van der Waals surface area contributed by atoms with Crippen molar-refractivity contribution in [2.75, 3.05) is 20.7 Å². The smallest absolute Gasteiger partial charge is 0.449 e. The highest BCUT2D eigenvalue weighted by Crippen LogP contribution is 2.23. The molecule has 0 heterocycles. The largest absolute Gasteiger partial charge is 0.493 e. The number of hydrogen-bond donors (Lipinski definition) is 1. The number of Topliss-reactive ketones (excluding diaryl/α,β-unsaturated/α-hetero) is 1. The SMILES string of the molecule is CCCCCCCCCCCC(CCOc1ccccc1CCC(=O)C(F)(F)F)[NH+](C)C. The molecule has 1 rings (SSSR count). The van der Waals surface area contributed by atoms with Crippen molar-refractivity contribution in [1.29, 1.82) is 0 Å². The van der Waals surface area contributed by atoms with Crippen LogP contribution in [0.5, 0.6) is 5.75 Å². The molecule has 0 saturated heterocycles. The molecule has 1 aromatic rings. The summed E-state index contributed by atoms with van der Waals surface area (Å²) >= 11 is 0. The summed E-state index contributed by atoms with van der Waals surface area (Å²) in [7, 11) is 4.32. The molecule has 6 heteroatoms. The summed E-state index contributed by atoms with van der Waals surface area (Å²) in [6.07, 6.45) is 8.63. The molecule has 0 aliphatic heterocycles. The number of carbonyl (C=O) groups excluding carboxylic acids is 1. The van der Waals surface area contributed by atoms with E-state index in [9.17, 15) is 18.0 Å². The third-order valence-corrected chi connectivity index (χ3v) is 6.11. The van der Waals surface area contributed by atoms with Gasteiger partial charge in [-0.15, -0.1) is 0 Å². The van der Waals surface area contributed by atoms with Crippen LogP contribution in [-0.2, 0) is 11.2 Å². The Bertz CT molecular complexity index is 632. The standard InChI is InChI=1S/C26H42F3NO2/c1-4-5-6-7-8-9-10-11-12-16-23(30(2)3)20-21-32-24-17-14-13-15-22(24)18-19-25(31)26(27,28)29/h13-15,17,23H,4-12,16,18-21H2,1-3H3/p+1. The first-order valence-corrected chi connectivity index (χ1v) is 12.4. The Kier molecular flexibility index (Phi) is 14.3. The first-order valence-electron chi connectivity index (χ1n) is 12.4. The second kappa shape index (κ2) is 16.1. The van der Waals surface area contributed by atoms with E-state index in [0.717, 1.165) is 12.8 Å². The number of unbranched alkanes of at least 4 members (excludes halogenated alkanes) is 8. The number of para-hydroxylation sites is 1. The number of ether oxygens (including phenoxy) is 1. The van der Waals surface area contributed by atoms with Gasteiger partial charge in [-0.1, -0.05) is 76.5 Å². The van der Waals surface area contributed by atoms with Crippen LogP contribution in [0.1, 0.15) is 89.5 Å². The maximum Gasteiger partial charge on any atom is 0.449 e. The predicted molar refractivity (Wildman–Crippen MR) is 124 cm³/mol. The maximum atomic E-state index is 12.5. The molecule has 1 N–H and O–H groups in total. The van der Waals surface area contributed by atoms with Gasteiger partial charge in [-0.05, 0) is 30.9 Å². The molecule has 184 valence electrons. The van der Waals surface area contributed by atoms with Crippen LogP contribution in [0.3, 0.4) is 0 Å². The van der Waals surface area contributed by atoms with Gasteiger partial charge in [-0.2, -0.15) is 13.2 Å². The second-order valence-corrected chi connectivity index (χ2v) is 9.06. The van der Waals surface area contributed by atoms with E-state index in [1.165, 1.54) is 62.7 Å². The normalized spacial score (nSPS) is 12.8. The molecule has 0 amide bonds. The molecule has 0 radical (unpaired) electrons. The highest BCUT2D eigenvalue weighted by Gasteiger charge is 2.37. The fourth-order valence-corrected chi connectivity index (χ4v) is 3.98. The lowest BCUT2D eigenvalue weighted by Crippen LogP contribution is -3.10. The fourth-order valence-electron chi connectivity index (χ4n) is 3.98. The van der Waals surface area contributed by atoms with E-state index in [-0.39, 0.29) is 6.42 Å². The number of rotatable bonds is 18. The Balaban J connectivity index is 2.34. The summed E-state index contributed by atoms with van der Waals surface area (Å²) in [5.41, 5.74) is 0.651. The van der Waals surface area contributed by atoms with Crippen molar-refractivity contribution in [1.82, 2.24) is 0 Å². The minimum atomic E-state index is -4.77. The van der Waals surface area contributed by atoms with E-state index < -0.39 is 18.4 Å². The molecule has 0 spiro atoms. The zero-order valence-electron chi connectivity index (χ0n) is 20.2. The number of carbonyl (C=O) groups is 1. The molecular weight excluding hydrogens is 415 g/mol. The molecule has 1 atom stereocenters. The van der Waals surface area contributed by atoms with Crippen LogP contribution in [0.4, 0.5) is 13.2 Å². The quantitative estimate of drug-likeness (QED) is 0.276. The fraction of sp³-hybridized carbons (Fsp3) is 0.731. The molecule has 1 unspecified atom stereocenters. The predicted octanol–water partition coefficient (Wildman–Crippen LogP) is 5.95. The van der Waals surface area contributed by atoms with Crippen molar-refractivity contribution >= 4 is 5.78 Å². The topological polar surface area (TPSA) is 30.7 Å². The van der Waals surface area contributed by atoms with Gasteiger partial charge in [0.2, 0.25) is 5.78 Å². The summed E-state index contributed by atoms with van der Waals surface area (Å²) in [4.78, 5) is 12.6. The third kappa shape index (κ3) is 12.5. The van der Waals surface area contributed by atoms with Crippen molar-refractivity contribution in [3.63, 3.8) is 0 Å². The van der Waals surface area contributed by atoms with Crippen molar-refractivity contribution in [2.24, 2.45) is 0 Å². The molecular formula is C26H43F3NO2+. The van der Waals surface area contributed by atoms with Gasteiger partial charge in [-0.3, -0.25) is 4.79 Å². The number of benzene rings is 1. The van der Waals surface area contributed by atoms with Crippen molar-refractivity contribution < 1.29 is 27.6 Å². The zero-order chi connectivity index (χ0) is 23.8. The molecule has 0 fully saturated rings. The molecule has 0 bridgehead atoms. The highest BCUT2D eigenvalue weighted by molar-refractivity contribution is 5.84. The Morgan fingerprint density at radius 2 is 1.53 bits per heavy atom. The number of aryl methyl sites for hydroxylation is 1. The number of ketones is 1. The highest BCUT2D eigenvalue weighted by atomic mass is 19.4.